The van der Waals surface area contributed by atoms with Crippen molar-refractivity contribution in [3.05, 3.63) is 89.2 Å². The van der Waals surface area contributed by atoms with Crippen molar-refractivity contribution in [1.82, 2.24) is 4.31 Å². The average molecular weight is 510 g/mol. The van der Waals surface area contributed by atoms with Crippen molar-refractivity contribution < 1.29 is 22.8 Å². The number of rotatable bonds is 8. The van der Waals surface area contributed by atoms with Gasteiger partial charge in [-0.3, -0.25) is 4.79 Å². The van der Waals surface area contributed by atoms with Gasteiger partial charge in [0.1, 0.15) is 11.9 Å². The van der Waals surface area contributed by atoms with Crippen LogP contribution in [0.25, 0.3) is 11.1 Å². The molecule has 1 unspecified atom stereocenters. The quantitative estimate of drug-likeness (QED) is 0.184. The van der Waals surface area contributed by atoms with Crippen molar-refractivity contribution >= 4 is 27.5 Å². The molecular formula is C25H24FN5O4S. The van der Waals surface area contributed by atoms with Gasteiger partial charge in [0.15, 0.2) is 5.84 Å². The molecule has 0 aliphatic carbocycles. The van der Waals surface area contributed by atoms with Crippen LogP contribution in [-0.4, -0.2) is 49.0 Å². The fraction of sp³-hybridized carbons (Fsp3) is 0.160. The maximum absolute atomic E-state index is 13.7. The van der Waals surface area contributed by atoms with Crippen LogP contribution in [0.1, 0.15) is 16.7 Å². The fourth-order valence-electron chi connectivity index (χ4n) is 3.57. The molecule has 4 N–H and O–H groups in total. The Bertz CT molecular complexity index is 1450. The Balaban J connectivity index is 1.87. The molecule has 0 bridgehead atoms. The zero-order chi connectivity index (χ0) is 26.5. The lowest BCUT2D eigenvalue weighted by Gasteiger charge is -2.25. The molecule has 0 fully saturated rings. The number of anilines is 1. The third kappa shape index (κ3) is 6.24. The van der Waals surface area contributed by atoms with Gasteiger partial charge in [-0.05, 0) is 53.9 Å². The van der Waals surface area contributed by atoms with E-state index in [9.17, 15) is 22.9 Å². The number of hydrogen-bond donors (Lipinski definition) is 3. The number of carbonyl (C=O) groups excluding carboxylic acids is 1. The first-order chi connectivity index (χ1) is 17.0. The monoisotopic (exact) mass is 509 g/mol. The van der Waals surface area contributed by atoms with Gasteiger partial charge in [-0.25, -0.2) is 12.8 Å². The largest absolute Gasteiger partial charge is 0.409 e. The van der Waals surface area contributed by atoms with E-state index in [4.69, 9.17) is 10.9 Å². The average Bonchev–Trinajstić information content (AvgIpc) is 2.86. The fourth-order valence-corrected chi connectivity index (χ4v) is 4.20. The van der Waals surface area contributed by atoms with Crippen LogP contribution in [0.15, 0.2) is 71.9 Å². The van der Waals surface area contributed by atoms with E-state index in [-0.39, 0.29) is 12.3 Å². The van der Waals surface area contributed by atoms with Crippen molar-refractivity contribution in [3.63, 3.8) is 0 Å². The number of carbonyl (C=O) groups is 1. The minimum Gasteiger partial charge on any atom is -0.409 e. The van der Waals surface area contributed by atoms with Crippen molar-refractivity contribution in [3.8, 4) is 17.2 Å². The van der Waals surface area contributed by atoms with Crippen molar-refractivity contribution in [2.24, 2.45) is 10.9 Å². The number of halogens is 1. The molecule has 0 saturated carbocycles. The molecule has 0 saturated heterocycles. The number of nitrogens with one attached hydrogen (secondary N) is 1. The number of nitriles is 1. The third-order valence-corrected chi connectivity index (χ3v) is 6.89. The number of benzene rings is 3. The van der Waals surface area contributed by atoms with Gasteiger partial charge in [0.25, 0.3) is 0 Å². The van der Waals surface area contributed by atoms with Crippen LogP contribution in [0.2, 0.25) is 0 Å². The first-order valence-corrected chi connectivity index (χ1v) is 12.5. The van der Waals surface area contributed by atoms with E-state index in [0.717, 1.165) is 10.6 Å². The summed E-state index contributed by atoms with van der Waals surface area (Å²) in [6.45, 7) is 0. The molecule has 1 atom stereocenters. The summed E-state index contributed by atoms with van der Waals surface area (Å²) in [6, 6.07) is 17.7. The SMILES string of the molecule is CN(C(Cc1cccc(/C(N)=N/O)c1)C(=O)Nc1ccc(-c2cc(F)ccc2C#N)cc1)S(C)(=O)=O. The Labute approximate surface area is 208 Å². The Morgan fingerprint density at radius 2 is 1.89 bits per heavy atom. The molecule has 9 nitrogen and oxygen atoms in total. The highest BCUT2D eigenvalue weighted by atomic mass is 32.2. The van der Waals surface area contributed by atoms with Gasteiger partial charge in [-0.15, -0.1) is 0 Å². The van der Waals surface area contributed by atoms with E-state index >= 15 is 0 Å². The minimum absolute atomic E-state index is 0.0227. The van der Waals surface area contributed by atoms with E-state index in [2.05, 4.69) is 10.5 Å². The number of amidine groups is 1. The summed E-state index contributed by atoms with van der Waals surface area (Å²) in [6.07, 6.45) is 1.02. The summed E-state index contributed by atoms with van der Waals surface area (Å²) in [4.78, 5) is 13.2. The topological polar surface area (TPSA) is 149 Å². The molecule has 0 radical (unpaired) electrons. The molecule has 0 aliphatic rings. The van der Waals surface area contributed by atoms with Crippen molar-refractivity contribution in [2.75, 3.05) is 18.6 Å². The molecule has 36 heavy (non-hydrogen) atoms. The first kappa shape index (κ1) is 26.3. The Morgan fingerprint density at radius 1 is 1.19 bits per heavy atom. The van der Waals surface area contributed by atoms with E-state index in [1.54, 1.807) is 48.5 Å². The zero-order valence-corrected chi connectivity index (χ0v) is 20.3. The summed E-state index contributed by atoms with van der Waals surface area (Å²) in [7, 11) is -2.42. The number of nitrogens with zero attached hydrogens (tertiary/aromatic N) is 3. The summed E-state index contributed by atoms with van der Waals surface area (Å²) in [5, 5.41) is 23.9. The molecule has 1 amide bonds. The van der Waals surface area contributed by atoms with Crippen LogP contribution >= 0.6 is 0 Å². The van der Waals surface area contributed by atoms with Crippen LogP contribution in [0, 0.1) is 17.1 Å². The molecule has 0 aromatic heterocycles. The maximum Gasteiger partial charge on any atom is 0.243 e. The van der Waals surface area contributed by atoms with Crippen molar-refractivity contribution in [1.29, 1.82) is 5.26 Å². The summed E-state index contributed by atoms with van der Waals surface area (Å²) in [5.74, 6) is -1.18. The summed E-state index contributed by atoms with van der Waals surface area (Å²) >= 11 is 0. The molecule has 3 aromatic carbocycles. The highest BCUT2D eigenvalue weighted by molar-refractivity contribution is 7.88. The molecule has 11 heteroatoms. The molecule has 0 spiro atoms. The number of amides is 1. The van der Waals surface area contributed by atoms with Gasteiger partial charge < -0.3 is 16.3 Å². The third-order valence-electron chi connectivity index (χ3n) is 5.59. The van der Waals surface area contributed by atoms with Crippen molar-refractivity contribution in [2.45, 2.75) is 12.5 Å². The van der Waals surface area contributed by atoms with Gasteiger partial charge >= 0.3 is 0 Å². The van der Waals surface area contributed by atoms with Crippen LogP contribution in [-0.2, 0) is 21.2 Å². The molecule has 0 heterocycles. The molecule has 0 aliphatic heterocycles. The second-order valence-electron chi connectivity index (χ2n) is 8.05. The lowest BCUT2D eigenvalue weighted by atomic mass is 10.00. The highest BCUT2D eigenvalue weighted by Gasteiger charge is 2.29. The van der Waals surface area contributed by atoms with Crippen LogP contribution in [0.3, 0.4) is 0 Å². The first-order valence-electron chi connectivity index (χ1n) is 10.6. The summed E-state index contributed by atoms with van der Waals surface area (Å²) < 4.78 is 39.2. The number of oxime groups is 1. The predicted molar refractivity (Wildman–Crippen MR) is 134 cm³/mol. The summed E-state index contributed by atoms with van der Waals surface area (Å²) in [5.41, 5.74) is 8.33. The molecule has 186 valence electrons. The lowest BCUT2D eigenvalue weighted by molar-refractivity contribution is -0.119. The Hall–Kier alpha value is -4.27. The maximum atomic E-state index is 13.7. The Morgan fingerprint density at radius 3 is 2.50 bits per heavy atom. The predicted octanol–water partition coefficient (Wildman–Crippen LogP) is 2.90. The second-order valence-corrected chi connectivity index (χ2v) is 10.1. The Kier molecular flexibility index (Phi) is 8.03. The second kappa shape index (κ2) is 11.0. The standard InChI is InChI=1S/C25H24FN5O4S/c1-31(36(2,34)35)23(13-16-4-3-5-18(12-16)24(28)30-33)25(32)29-21-10-7-17(8-11-21)22-14-20(26)9-6-19(22)15-27/h3-12,14,23,33H,13H2,1-2H3,(H2,28,30)(H,29,32). The van der Waals surface area contributed by atoms with Crippen LogP contribution < -0.4 is 11.1 Å². The van der Waals surface area contributed by atoms with Gasteiger partial charge in [0.2, 0.25) is 15.9 Å². The minimum atomic E-state index is -3.73. The number of likely N-dealkylation sites (N-methyl/N-ethyl adjacent to an activating group) is 1. The molecule has 3 aromatic rings. The van der Waals surface area contributed by atoms with Crippen LogP contribution in [0.4, 0.5) is 10.1 Å². The zero-order valence-electron chi connectivity index (χ0n) is 19.5. The van der Waals surface area contributed by atoms with E-state index in [1.165, 1.54) is 25.2 Å². The van der Waals surface area contributed by atoms with E-state index in [1.807, 2.05) is 6.07 Å². The molecular weight excluding hydrogens is 485 g/mol. The smallest absolute Gasteiger partial charge is 0.243 e. The van der Waals surface area contributed by atoms with Gasteiger partial charge in [0, 0.05) is 23.9 Å². The number of sulfonamides is 1. The highest BCUT2D eigenvalue weighted by Crippen LogP contribution is 2.26. The van der Waals surface area contributed by atoms with E-state index in [0.29, 0.717) is 33.5 Å². The van der Waals surface area contributed by atoms with Gasteiger partial charge in [-0.1, -0.05) is 35.5 Å². The number of hydrogen-bond acceptors (Lipinski definition) is 6. The normalized spacial score (nSPS) is 12.7. The van der Waals surface area contributed by atoms with Crippen LogP contribution in [0.5, 0.6) is 0 Å². The van der Waals surface area contributed by atoms with Gasteiger partial charge in [0.05, 0.1) is 17.9 Å². The molecule has 3 rings (SSSR count). The lowest BCUT2D eigenvalue weighted by Crippen LogP contribution is -2.46. The van der Waals surface area contributed by atoms with E-state index < -0.39 is 27.8 Å². The van der Waals surface area contributed by atoms with Gasteiger partial charge in [-0.2, -0.15) is 9.57 Å². The number of nitrogens with two attached hydrogens (primary N) is 1.